The number of ether oxygens (including phenoxy) is 1. The molecule has 0 aliphatic carbocycles. The summed E-state index contributed by atoms with van der Waals surface area (Å²) in [7, 11) is 0. The van der Waals surface area contributed by atoms with E-state index in [0.717, 1.165) is 55.6 Å². The van der Waals surface area contributed by atoms with Crippen molar-refractivity contribution in [3.05, 3.63) is 66.4 Å². The molecule has 2 amide bonds. The Balaban J connectivity index is 1.19. The Morgan fingerprint density at radius 1 is 0.917 bits per heavy atom. The van der Waals surface area contributed by atoms with Gasteiger partial charge in [0, 0.05) is 51.2 Å². The van der Waals surface area contributed by atoms with Gasteiger partial charge in [0.1, 0.15) is 5.82 Å². The number of morpholine rings is 1. The predicted octanol–water partition coefficient (Wildman–Crippen LogP) is 3.97. The van der Waals surface area contributed by atoms with Crippen LogP contribution >= 0.6 is 0 Å². The second-order valence-corrected chi connectivity index (χ2v) is 8.93. The zero-order valence-electron chi connectivity index (χ0n) is 20.7. The summed E-state index contributed by atoms with van der Waals surface area (Å²) in [5, 5.41) is 6.41. The Hall–Kier alpha value is -3.85. The Kier molecular flexibility index (Phi) is 7.47. The third-order valence-electron chi connectivity index (χ3n) is 6.65. The van der Waals surface area contributed by atoms with E-state index < -0.39 is 0 Å². The largest absolute Gasteiger partial charge is 0.378 e. The summed E-state index contributed by atoms with van der Waals surface area (Å²) in [4.78, 5) is 28.3. The van der Waals surface area contributed by atoms with Gasteiger partial charge in [0.25, 0.3) is 0 Å². The summed E-state index contributed by atoms with van der Waals surface area (Å²) < 4.78 is 5.50. The van der Waals surface area contributed by atoms with Crippen LogP contribution in [0.1, 0.15) is 12.5 Å². The predicted molar refractivity (Wildman–Crippen MR) is 143 cm³/mol. The first kappa shape index (κ1) is 23.9. The Morgan fingerprint density at radius 2 is 1.67 bits per heavy atom. The van der Waals surface area contributed by atoms with Crippen molar-refractivity contribution >= 4 is 34.9 Å². The van der Waals surface area contributed by atoms with Gasteiger partial charge in [0.05, 0.1) is 24.6 Å². The van der Waals surface area contributed by atoms with E-state index in [1.165, 1.54) is 5.56 Å². The number of hydrogen-bond donors (Lipinski definition) is 2. The fourth-order valence-electron chi connectivity index (χ4n) is 4.53. The van der Waals surface area contributed by atoms with Gasteiger partial charge in [-0.1, -0.05) is 31.2 Å². The Bertz CT molecular complexity index is 1160. The smallest absolute Gasteiger partial charge is 0.321 e. The molecule has 2 aliphatic heterocycles. The van der Waals surface area contributed by atoms with Gasteiger partial charge < -0.3 is 30.1 Å². The van der Waals surface area contributed by atoms with Crippen LogP contribution in [0.2, 0.25) is 0 Å². The monoisotopic (exact) mass is 487 g/mol. The highest BCUT2D eigenvalue weighted by Gasteiger charge is 2.22. The first-order valence-corrected chi connectivity index (χ1v) is 12.6. The SMILES string of the molecule is CCc1ccc(NC(=O)N2CCN(c3ccnc(Nc4ccccc4N4CCOCC4)n3)CC2)cc1. The minimum Gasteiger partial charge on any atom is -0.378 e. The number of carbonyl (C=O) groups excluding carboxylic acids is 1. The number of nitrogens with one attached hydrogen (secondary N) is 2. The maximum absolute atomic E-state index is 12.7. The summed E-state index contributed by atoms with van der Waals surface area (Å²) in [6, 6.07) is 18.1. The van der Waals surface area contributed by atoms with Gasteiger partial charge >= 0.3 is 6.03 Å². The molecule has 9 nitrogen and oxygen atoms in total. The number of para-hydroxylation sites is 2. The number of nitrogens with zero attached hydrogens (tertiary/aromatic N) is 5. The first-order valence-electron chi connectivity index (χ1n) is 12.6. The van der Waals surface area contributed by atoms with Gasteiger partial charge in [-0.2, -0.15) is 4.98 Å². The molecule has 0 radical (unpaired) electrons. The van der Waals surface area contributed by atoms with Crippen molar-refractivity contribution < 1.29 is 9.53 Å². The first-order chi connectivity index (χ1) is 17.7. The van der Waals surface area contributed by atoms with Gasteiger partial charge in [0.15, 0.2) is 0 Å². The number of amides is 2. The zero-order chi connectivity index (χ0) is 24.7. The highest BCUT2D eigenvalue weighted by molar-refractivity contribution is 5.89. The minimum absolute atomic E-state index is 0.0661. The van der Waals surface area contributed by atoms with Gasteiger partial charge in [-0.15, -0.1) is 0 Å². The zero-order valence-corrected chi connectivity index (χ0v) is 20.7. The standard InChI is InChI=1S/C27H33N7O2/c1-2-21-7-9-22(10-8-21)29-27(35)34-15-13-33(14-16-34)25-11-12-28-26(31-25)30-23-5-3-4-6-24(23)32-17-19-36-20-18-32/h3-12H,2,13-20H2,1H3,(H,29,35)(H,28,30,31). The second kappa shape index (κ2) is 11.3. The summed E-state index contributed by atoms with van der Waals surface area (Å²) in [6.07, 6.45) is 2.76. The molecule has 1 aromatic heterocycles. The van der Waals surface area contributed by atoms with E-state index >= 15 is 0 Å². The van der Waals surface area contributed by atoms with Crippen molar-refractivity contribution in [1.82, 2.24) is 14.9 Å². The van der Waals surface area contributed by atoms with Crippen LogP contribution in [0.3, 0.4) is 0 Å². The third kappa shape index (κ3) is 5.68. The van der Waals surface area contributed by atoms with Crippen molar-refractivity contribution in [1.29, 1.82) is 0 Å². The van der Waals surface area contributed by atoms with E-state index in [9.17, 15) is 4.79 Å². The van der Waals surface area contributed by atoms with E-state index in [1.54, 1.807) is 6.20 Å². The molecule has 2 aromatic carbocycles. The van der Waals surface area contributed by atoms with Crippen LogP contribution in [0.5, 0.6) is 0 Å². The van der Waals surface area contributed by atoms with Crippen molar-refractivity contribution in [2.75, 3.05) is 72.9 Å². The fourth-order valence-corrected chi connectivity index (χ4v) is 4.53. The van der Waals surface area contributed by atoms with Crippen LogP contribution in [-0.4, -0.2) is 73.4 Å². The molecule has 0 spiro atoms. The molecule has 0 saturated carbocycles. The lowest BCUT2D eigenvalue weighted by Gasteiger charge is -2.35. The van der Waals surface area contributed by atoms with Crippen LogP contribution in [0.15, 0.2) is 60.8 Å². The van der Waals surface area contributed by atoms with Crippen LogP contribution < -0.4 is 20.4 Å². The molecule has 0 unspecified atom stereocenters. The summed E-state index contributed by atoms with van der Waals surface area (Å²) in [6.45, 7) is 7.99. The summed E-state index contributed by atoms with van der Waals surface area (Å²) in [5.74, 6) is 1.41. The molecule has 2 aliphatic rings. The van der Waals surface area contributed by atoms with Gasteiger partial charge in [0.2, 0.25) is 5.95 Å². The molecule has 0 bridgehead atoms. The molecule has 2 N–H and O–H groups in total. The minimum atomic E-state index is -0.0661. The van der Waals surface area contributed by atoms with E-state index in [2.05, 4.69) is 38.4 Å². The van der Waals surface area contributed by atoms with E-state index in [1.807, 2.05) is 53.4 Å². The van der Waals surface area contributed by atoms with Crippen molar-refractivity contribution in [3.63, 3.8) is 0 Å². The fraction of sp³-hybridized carbons (Fsp3) is 0.370. The maximum atomic E-state index is 12.7. The molecule has 2 saturated heterocycles. The lowest BCUT2D eigenvalue weighted by Crippen LogP contribution is -2.50. The molecule has 3 aromatic rings. The van der Waals surface area contributed by atoms with Crippen LogP contribution in [0.4, 0.5) is 33.6 Å². The third-order valence-corrected chi connectivity index (χ3v) is 6.65. The quantitative estimate of drug-likeness (QED) is 0.544. The number of piperazine rings is 1. The molecular weight excluding hydrogens is 454 g/mol. The molecule has 0 atom stereocenters. The van der Waals surface area contributed by atoms with Gasteiger partial charge in [-0.25, -0.2) is 9.78 Å². The highest BCUT2D eigenvalue weighted by atomic mass is 16.5. The lowest BCUT2D eigenvalue weighted by atomic mass is 10.1. The van der Waals surface area contributed by atoms with Crippen LogP contribution in [0, 0.1) is 0 Å². The Labute approximate surface area is 212 Å². The molecule has 9 heteroatoms. The molecule has 188 valence electrons. The Morgan fingerprint density at radius 3 is 2.42 bits per heavy atom. The average molecular weight is 488 g/mol. The number of urea groups is 1. The maximum Gasteiger partial charge on any atom is 0.321 e. The van der Waals surface area contributed by atoms with Crippen LogP contribution in [0.25, 0.3) is 0 Å². The van der Waals surface area contributed by atoms with Crippen molar-refractivity contribution in [3.8, 4) is 0 Å². The van der Waals surface area contributed by atoms with Crippen LogP contribution in [-0.2, 0) is 11.2 Å². The number of benzene rings is 2. The van der Waals surface area contributed by atoms with Gasteiger partial charge in [-0.3, -0.25) is 0 Å². The normalized spacial score (nSPS) is 16.1. The number of rotatable bonds is 6. The van der Waals surface area contributed by atoms with Gasteiger partial charge in [-0.05, 0) is 42.3 Å². The van der Waals surface area contributed by atoms with Crippen molar-refractivity contribution in [2.24, 2.45) is 0 Å². The number of aryl methyl sites for hydroxylation is 1. The average Bonchev–Trinajstić information content (AvgIpc) is 2.94. The molecule has 2 fully saturated rings. The number of anilines is 5. The lowest BCUT2D eigenvalue weighted by molar-refractivity contribution is 0.123. The van der Waals surface area contributed by atoms with Crippen molar-refractivity contribution in [2.45, 2.75) is 13.3 Å². The molecule has 3 heterocycles. The van der Waals surface area contributed by atoms with E-state index in [-0.39, 0.29) is 6.03 Å². The summed E-state index contributed by atoms with van der Waals surface area (Å²) in [5.41, 5.74) is 4.18. The second-order valence-electron chi connectivity index (χ2n) is 8.93. The molecule has 36 heavy (non-hydrogen) atoms. The van der Waals surface area contributed by atoms with E-state index in [4.69, 9.17) is 9.72 Å². The number of carbonyl (C=O) groups is 1. The topological polar surface area (TPSA) is 85.9 Å². The molecule has 5 rings (SSSR count). The molecular formula is C27H33N7O2. The number of aromatic nitrogens is 2. The highest BCUT2D eigenvalue weighted by Crippen LogP contribution is 2.28. The number of hydrogen-bond acceptors (Lipinski definition) is 7. The summed E-state index contributed by atoms with van der Waals surface area (Å²) >= 11 is 0. The van der Waals surface area contributed by atoms with E-state index in [0.29, 0.717) is 32.1 Å².